The second-order valence-corrected chi connectivity index (χ2v) is 5.80. The van der Waals surface area contributed by atoms with Gasteiger partial charge in [0, 0.05) is 5.75 Å². The van der Waals surface area contributed by atoms with Gasteiger partial charge < -0.3 is 0 Å². The molecule has 0 amide bonds. The van der Waals surface area contributed by atoms with Crippen molar-refractivity contribution in [2.24, 2.45) is 10.1 Å². The molecule has 0 spiro atoms. The molecule has 1 aromatic carbocycles. The van der Waals surface area contributed by atoms with E-state index in [4.69, 9.17) is 0 Å². The highest BCUT2D eigenvalue weighted by atomic mass is 79.9. The third-order valence-electron chi connectivity index (χ3n) is 3.43. The molecule has 0 saturated heterocycles. The van der Waals surface area contributed by atoms with Crippen LogP contribution in [-0.2, 0) is 0 Å². The molecule has 0 unspecified atom stereocenters. The van der Waals surface area contributed by atoms with Gasteiger partial charge in [0.1, 0.15) is 5.82 Å². The van der Waals surface area contributed by atoms with Crippen molar-refractivity contribution in [1.82, 2.24) is 5.43 Å². The summed E-state index contributed by atoms with van der Waals surface area (Å²) in [5, 5.41) is 5.26. The lowest BCUT2D eigenvalue weighted by molar-refractivity contribution is 0.628. The molecule has 108 valence electrons. The molecule has 1 N–H and O–H groups in total. The van der Waals surface area contributed by atoms with Crippen LogP contribution >= 0.6 is 28.7 Å². The Morgan fingerprint density at radius 3 is 2.50 bits per heavy atom. The number of thioether (sulfide) groups is 1. The van der Waals surface area contributed by atoms with Crippen LogP contribution in [0.2, 0.25) is 0 Å². The smallest absolute Gasteiger partial charge is 0.177 e. The van der Waals surface area contributed by atoms with Gasteiger partial charge in [0.2, 0.25) is 0 Å². The topological polar surface area (TPSA) is 36.8 Å². The fourth-order valence-electron chi connectivity index (χ4n) is 2.37. The van der Waals surface area contributed by atoms with Crippen molar-refractivity contribution in [3.8, 4) is 0 Å². The molecule has 3 nitrogen and oxygen atoms in total. The van der Waals surface area contributed by atoms with Gasteiger partial charge in [-0.2, -0.15) is 5.10 Å². The Hall–Kier alpha value is -0.880. The number of rotatable bonds is 2. The first-order chi connectivity index (χ1) is 9.31. The van der Waals surface area contributed by atoms with Crippen LogP contribution in [0.25, 0.3) is 0 Å². The van der Waals surface area contributed by atoms with E-state index in [0.29, 0.717) is 6.04 Å². The van der Waals surface area contributed by atoms with E-state index < -0.39 is 0 Å². The Morgan fingerprint density at radius 2 is 1.90 bits per heavy atom. The quantitative estimate of drug-likeness (QED) is 0.874. The minimum Gasteiger partial charge on any atom is -0.258 e. The molecule has 1 aromatic rings. The molecular weight excluding hydrogens is 341 g/mol. The lowest BCUT2D eigenvalue weighted by atomic mass is 10.1. The molecule has 2 aliphatic rings. The molecule has 1 saturated carbocycles. The summed E-state index contributed by atoms with van der Waals surface area (Å²) >= 11 is 1.67. The van der Waals surface area contributed by atoms with E-state index in [0.717, 1.165) is 22.2 Å². The van der Waals surface area contributed by atoms with Crippen molar-refractivity contribution >= 4 is 39.6 Å². The fraction of sp³-hybridized carbons (Fsp3) is 0.429. The predicted octanol–water partition coefficient (Wildman–Crippen LogP) is 3.74. The third kappa shape index (κ3) is 3.82. The van der Waals surface area contributed by atoms with E-state index >= 15 is 0 Å². The first-order valence-electron chi connectivity index (χ1n) is 6.60. The molecular formula is C14H17BrFN3S. The van der Waals surface area contributed by atoms with Crippen LogP contribution in [0.4, 0.5) is 4.39 Å². The summed E-state index contributed by atoms with van der Waals surface area (Å²) in [6.07, 6.45) is 4.97. The summed E-state index contributed by atoms with van der Waals surface area (Å²) in [4.78, 5) is 4.68. The Kier molecular flexibility index (Phi) is 5.60. The SMILES string of the molecule is Br.Fc1ccc(C2=NNC(=NC3CCCC3)SC2)cc1. The fourth-order valence-corrected chi connectivity index (χ4v) is 3.21. The van der Waals surface area contributed by atoms with Gasteiger partial charge in [0.15, 0.2) is 5.17 Å². The van der Waals surface area contributed by atoms with Gasteiger partial charge in [-0.25, -0.2) is 4.39 Å². The van der Waals surface area contributed by atoms with E-state index in [9.17, 15) is 4.39 Å². The van der Waals surface area contributed by atoms with Crippen LogP contribution in [0.5, 0.6) is 0 Å². The minimum absolute atomic E-state index is 0. The van der Waals surface area contributed by atoms with Crippen LogP contribution in [0, 0.1) is 5.82 Å². The van der Waals surface area contributed by atoms with Crippen molar-refractivity contribution in [2.45, 2.75) is 31.7 Å². The van der Waals surface area contributed by atoms with Gasteiger partial charge >= 0.3 is 0 Å². The lowest BCUT2D eigenvalue weighted by Gasteiger charge is -2.16. The zero-order chi connectivity index (χ0) is 13.1. The third-order valence-corrected chi connectivity index (χ3v) is 4.32. The maximum atomic E-state index is 12.9. The largest absolute Gasteiger partial charge is 0.258 e. The summed E-state index contributed by atoms with van der Waals surface area (Å²) < 4.78 is 12.9. The van der Waals surface area contributed by atoms with Crippen molar-refractivity contribution in [2.75, 3.05) is 5.75 Å². The molecule has 0 atom stereocenters. The number of halogens is 2. The number of amidine groups is 1. The molecule has 1 heterocycles. The summed E-state index contributed by atoms with van der Waals surface area (Å²) in [6.45, 7) is 0. The zero-order valence-corrected chi connectivity index (χ0v) is 13.5. The van der Waals surface area contributed by atoms with E-state index in [1.165, 1.54) is 37.8 Å². The molecule has 0 bridgehead atoms. The standard InChI is InChI=1S/C14H16FN3S.BrH/c15-11-7-5-10(6-8-11)13-9-19-14(18-17-13)16-12-3-1-2-4-12;/h5-8,12H,1-4,9H2,(H,16,18);1H. The van der Waals surface area contributed by atoms with Gasteiger partial charge in [-0.3, -0.25) is 10.4 Å². The monoisotopic (exact) mass is 357 g/mol. The molecule has 3 rings (SSSR count). The van der Waals surface area contributed by atoms with Gasteiger partial charge in [-0.15, -0.1) is 17.0 Å². The van der Waals surface area contributed by atoms with E-state index in [1.54, 1.807) is 23.9 Å². The Balaban J connectivity index is 0.00000147. The number of nitrogens with one attached hydrogen (secondary N) is 1. The molecule has 0 radical (unpaired) electrons. The summed E-state index contributed by atoms with van der Waals surface area (Å²) in [5.74, 6) is 0.564. The number of aliphatic imine (C=N–C) groups is 1. The second kappa shape index (κ2) is 7.22. The number of nitrogens with zero attached hydrogens (tertiary/aromatic N) is 2. The maximum Gasteiger partial charge on any atom is 0.177 e. The van der Waals surface area contributed by atoms with E-state index in [-0.39, 0.29) is 22.8 Å². The highest BCUT2D eigenvalue weighted by Crippen LogP contribution is 2.23. The molecule has 20 heavy (non-hydrogen) atoms. The van der Waals surface area contributed by atoms with E-state index in [2.05, 4.69) is 15.5 Å². The summed E-state index contributed by atoms with van der Waals surface area (Å²) in [5.41, 5.74) is 4.92. The van der Waals surface area contributed by atoms with Crippen molar-refractivity contribution < 1.29 is 4.39 Å². The van der Waals surface area contributed by atoms with E-state index in [1.807, 2.05) is 0 Å². The van der Waals surface area contributed by atoms with Crippen LogP contribution < -0.4 is 5.43 Å². The Morgan fingerprint density at radius 1 is 1.20 bits per heavy atom. The molecule has 1 aliphatic heterocycles. The maximum absolute atomic E-state index is 12.9. The molecule has 6 heteroatoms. The van der Waals surface area contributed by atoms with Gasteiger partial charge in [0.25, 0.3) is 0 Å². The average molecular weight is 358 g/mol. The van der Waals surface area contributed by atoms with Gasteiger partial charge in [0.05, 0.1) is 11.8 Å². The van der Waals surface area contributed by atoms with Gasteiger partial charge in [-0.05, 0) is 30.5 Å². The number of hydrazone groups is 1. The highest BCUT2D eigenvalue weighted by molar-refractivity contribution is 8.93. The summed E-state index contributed by atoms with van der Waals surface area (Å²) in [6, 6.07) is 6.91. The van der Waals surface area contributed by atoms with Crippen molar-refractivity contribution in [1.29, 1.82) is 0 Å². The zero-order valence-electron chi connectivity index (χ0n) is 11.0. The normalized spacial score (nSPS) is 21.2. The summed E-state index contributed by atoms with van der Waals surface area (Å²) in [7, 11) is 0. The molecule has 1 fully saturated rings. The Bertz CT molecular complexity index is 510. The number of hydrogen-bond acceptors (Lipinski definition) is 3. The number of benzene rings is 1. The molecule has 1 aliphatic carbocycles. The van der Waals surface area contributed by atoms with Crippen LogP contribution in [0.15, 0.2) is 34.4 Å². The van der Waals surface area contributed by atoms with Crippen molar-refractivity contribution in [3.05, 3.63) is 35.6 Å². The van der Waals surface area contributed by atoms with Crippen LogP contribution in [0.3, 0.4) is 0 Å². The first kappa shape index (κ1) is 15.5. The van der Waals surface area contributed by atoms with Crippen LogP contribution in [0.1, 0.15) is 31.2 Å². The highest BCUT2D eigenvalue weighted by Gasteiger charge is 2.17. The van der Waals surface area contributed by atoms with Crippen LogP contribution in [-0.4, -0.2) is 22.7 Å². The second-order valence-electron chi connectivity index (χ2n) is 4.84. The van der Waals surface area contributed by atoms with Crippen molar-refractivity contribution in [3.63, 3.8) is 0 Å². The minimum atomic E-state index is -0.218. The Labute approximate surface area is 132 Å². The molecule has 0 aromatic heterocycles. The average Bonchev–Trinajstić information content (AvgIpc) is 2.94. The lowest BCUT2D eigenvalue weighted by Crippen LogP contribution is -2.26. The number of hydrogen-bond donors (Lipinski definition) is 1. The predicted molar refractivity (Wildman–Crippen MR) is 88.5 cm³/mol. The first-order valence-corrected chi connectivity index (χ1v) is 7.59. The van der Waals surface area contributed by atoms with Gasteiger partial charge in [-0.1, -0.05) is 36.7 Å².